The van der Waals surface area contributed by atoms with Crippen LogP contribution in [0.15, 0.2) is 14.7 Å². The van der Waals surface area contributed by atoms with E-state index in [2.05, 4.69) is 21.2 Å². The van der Waals surface area contributed by atoms with Gasteiger partial charge in [0.05, 0.1) is 3.79 Å². The highest BCUT2D eigenvalue weighted by molar-refractivity contribution is 9.11. The zero-order valence-electron chi connectivity index (χ0n) is 11.3. The van der Waals surface area contributed by atoms with E-state index >= 15 is 0 Å². The van der Waals surface area contributed by atoms with Crippen LogP contribution in [-0.2, 0) is 16.6 Å². The van der Waals surface area contributed by atoms with Crippen molar-refractivity contribution in [3.8, 4) is 0 Å². The molecule has 0 atom stereocenters. The smallest absolute Gasteiger partial charge is 0.244 e. The second-order valence-corrected chi connectivity index (χ2v) is 9.40. The first-order chi connectivity index (χ1) is 8.93. The highest BCUT2D eigenvalue weighted by Crippen LogP contribution is 2.33. The number of hydrogen-bond acceptors (Lipinski definition) is 5. The normalized spacial score (nSPS) is 12.3. The number of nitrogens with zero attached hydrogens (tertiary/aromatic N) is 1. The van der Waals surface area contributed by atoms with Crippen LogP contribution in [-0.4, -0.2) is 44.9 Å². The second kappa shape index (κ2) is 7.99. The number of thiophene rings is 1. The molecule has 1 heterocycles. The zero-order valence-corrected chi connectivity index (χ0v) is 15.3. The number of sulfonamides is 1. The molecule has 0 bridgehead atoms. The largest absolute Gasteiger partial charge is 0.312 e. The van der Waals surface area contributed by atoms with Crippen LogP contribution >= 0.6 is 39.0 Å². The van der Waals surface area contributed by atoms with Crippen molar-refractivity contribution < 1.29 is 8.42 Å². The number of rotatable bonds is 8. The van der Waals surface area contributed by atoms with Crippen molar-refractivity contribution in [1.82, 2.24) is 9.62 Å². The molecule has 0 saturated carbocycles. The van der Waals surface area contributed by atoms with E-state index in [1.807, 2.05) is 13.2 Å². The lowest BCUT2D eigenvalue weighted by atomic mass is 10.4. The molecule has 4 nitrogen and oxygen atoms in total. The Kier molecular flexibility index (Phi) is 7.34. The van der Waals surface area contributed by atoms with E-state index in [9.17, 15) is 8.42 Å². The van der Waals surface area contributed by atoms with Crippen molar-refractivity contribution in [3.63, 3.8) is 0 Å². The summed E-state index contributed by atoms with van der Waals surface area (Å²) >= 11 is 6.46. The minimum Gasteiger partial charge on any atom is -0.312 e. The Balaban J connectivity index is 2.91. The van der Waals surface area contributed by atoms with Crippen LogP contribution in [0.1, 0.15) is 11.8 Å². The van der Waals surface area contributed by atoms with E-state index in [4.69, 9.17) is 0 Å². The molecule has 0 aromatic carbocycles. The molecule has 0 aliphatic heterocycles. The van der Waals surface area contributed by atoms with Crippen LogP contribution in [0.2, 0.25) is 0 Å². The quantitative estimate of drug-likeness (QED) is 0.745. The van der Waals surface area contributed by atoms with Crippen LogP contribution in [0.3, 0.4) is 0 Å². The molecule has 1 N–H and O–H groups in total. The average molecular weight is 387 g/mol. The van der Waals surface area contributed by atoms with E-state index in [0.717, 1.165) is 17.2 Å². The van der Waals surface area contributed by atoms with Gasteiger partial charge in [-0.1, -0.05) is 6.92 Å². The van der Waals surface area contributed by atoms with Gasteiger partial charge in [-0.25, -0.2) is 12.7 Å². The molecule has 110 valence electrons. The van der Waals surface area contributed by atoms with Gasteiger partial charge in [0, 0.05) is 30.8 Å². The topological polar surface area (TPSA) is 49.4 Å². The summed E-state index contributed by atoms with van der Waals surface area (Å²) in [6.45, 7) is 4.11. The monoisotopic (exact) mass is 386 g/mol. The van der Waals surface area contributed by atoms with E-state index in [1.54, 1.807) is 24.9 Å². The summed E-state index contributed by atoms with van der Waals surface area (Å²) in [7, 11) is -1.77. The minimum absolute atomic E-state index is 0.369. The Morgan fingerprint density at radius 3 is 2.79 bits per heavy atom. The molecule has 19 heavy (non-hydrogen) atoms. The molecular weight excluding hydrogens is 368 g/mol. The molecule has 0 radical (unpaired) electrons. The maximum Gasteiger partial charge on any atom is 0.244 e. The van der Waals surface area contributed by atoms with Crippen LogP contribution in [0.5, 0.6) is 0 Å². The number of nitrogens with one attached hydrogen (secondary N) is 1. The molecule has 1 aromatic heterocycles. The van der Waals surface area contributed by atoms with Gasteiger partial charge < -0.3 is 5.32 Å². The van der Waals surface area contributed by atoms with E-state index in [1.165, 1.54) is 15.6 Å². The molecule has 1 aromatic rings. The first-order valence-corrected chi connectivity index (χ1v) is 10.3. The molecular formula is C11H19BrN2O2S3. The Morgan fingerprint density at radius 1 is 1.53 bits per heavy atom. The van der Waals surface area contributed by atoms with Gasteiger partial charge in [-0.05, 0) is 34.8 Å². The van der Waals surface area contributed by atoms with Gasteiger partial charge in [0.25, 0.3) is 0 Å². The predicted molar refractivity (Wildman–Crippen MR) is 87.6 cm³/mol. The van der Waals surface area contributed by atoms with Gasteiger partial charge in [0.2, 0.25) is 10.0 Å². The highest BCUT2D eigenvalue weighted by atomic mass is 79.9. The van der Waals surface area contributed by atoms with Crippen molar-refractivity contribution in [2.45, 2.75) is 18.4 Å². The fourth-order valence-corrected chi connectivity index (χ4v) is 5.76. The van der Waals surface area contributed by atoms with Gasteiger partial charge in [-0.15, -0.1) is 11.3 Å². The predicted octanol–water partition coefficient (Wildman–Crippen LogP) is 2.60. The molecule has 0 spiro atoms. The minimum atomic E-state index is -3.39. The van der Waals surface area contributed by atoms with Crippen LogP contribution in [0.4, 0.5) is 0 Å². The summed E-state index contributed by atoms with van der Waals surface area (Å²) in [5.74, 6) is 0.793. The third-order valence-corrected chi connectivity index (χ3v) is 7.25. The number of halogens is 1. The van der Waals surface area contributed by atoms with Gasteiger partial charge >= 0.3 is 0 Å². The zero-order chi connectivity index (χ0) is 14.5. The van der Waals surface area contributed by atoms with Crippen LogP contribution in [0, 0.1) is 0 Å². The van der Waals surface area contributed by atoms with Gasteiger partial charge in [0.1, 0.15) is 4.90 Å². The summed E-state index contributed by atoms with van der Waals surface area (Å²) < 4.78 is 26.9. The third kappa shape index (κ3) is 4.71. The lowest BCUT2D eigenvalue weighted by molar-refractivity contribution is 0.488. The Morgan fingerprint density at radius 2 is 2.21 bits per heavy atom. The summed E-state index contributed by atoms with van der Waals surface area (Å²) in [6, 6.07) is 1.75. The third-order valence-electron chi connectivity index (χ3n) is 2.55. The van der Waals surface area contributed by atoms with Crippen molar-refractivity contribution in [3.05, 3.63) is 14.7 Å². The molecule has 0 aliphatic carbocycles. The highest BCUT2D eigenvalue weighted by Gasteiger charge is 2.25. The molecule has 0 fully saturated rings. The lowest BCUT2D eigenvalue weighted by Gasteiger charge is -2.15. The Labute approximate surface area is 132 Å². The Bertz CT molecular complexity index is 502. The first kappa shape index (κ1) is 17.5. The molecule has 0 aliphatic rings. The summed E-state index contributed by atoms with van der Waals surface area (Å²) in [5.41, 5.74) is 0. The van der Waals surface area contributed by atoms with Gasteiger partial charge in [-0.2, -0.15) is 11.8 Å². The van der Waals surface area contributed by atoms with Crippen molar-refractivity contribution >= 4 is 49.1 Å². The molecule has 1 rings (SSSR count). The fraction of sp³-hybridized carbons (Fsp3) is 0.636. The standard InChI is InChI=1S/C11H19BrN2O2S3/c1-4-13-8-9-7-10(11(12)18-9)19(15,16)14(2)5-6-17-3/h7,13H,4-6,8H2,1-3H3. The van der Waals surface area contributed by atoms with E-state index in [0.29, 0.717) is 21.8 Å². The van der Waals surface area contributed by atoms with Crippen LogP contribution < -0.4 is 5.32 Å². The maximum absolute atomic E-state index is 12.4. The molecule has 0 unspecified atom stereocenters. The first-order valence-electron chi connectivity index (χ1n) is 5.87. The molecule has 0 amide bonds. The van der Waals surface area contributed by atoms with E-state index < -0.39 is 10.0 Å². The van der Waals surface area contributed by atoms with Crippen molar-refractivity contribution in [1.29, 1.82) is 0 Å². The second-order valence-electron chi connectivity index (χ2n) is 3.95. The SMILES string of the molecule is CCNCc1cc(S(=O)(=O)N(C)CCSC)c(Br)s1. The van der Waals surface area contributed by atoms with Crippen molar-refractivity contribution in [2.75, 3.05) is 32.1 Å². The van der Waals surface area contributed by atoms with Crippen molar-refractivity contribution in [2.24, 2.45) is 0 Å². The van der Waals surface area contributed by atoms with Gasteiger partial charge in [0.15, 0.2) is 0 Å². The van der Waals surface area contributed by atoms with Gasteiger partial charge in [-0.3, -0.25) is 0 Å². The molecule has 0 saturated heterocycles. The maximum atomic E-state index is 12.4. The number of hydrogen-bond donors (Lipinski definition) is 1. The summed E-state index contributed by atoms with van der Waals surface area (Å²) in [6.07, 6.45) is 1.97. The number of thioether (sulfide) groups is 1. The van der Waals surface area contributed by atoms with Crippen LogP contribution in [0.25, 0.3) is 0 Å². The van der Waals surface area contributed by atoms with E-state index in [-0.39, 0.29) is 0 Å². The Hall–Kier alpha value is 0.400. The summed E-state index contributed by atoms with van der Waals surface area (Å²) in [4.78, 5) is 1.39. The average Bonchev–Trinajstić information content (AvgIpc) is 2.75. The fourth-order valence-electron chi connectivity index (χ4n) is 1.42. The lowest BCUT2D eigenvalue weighted by Crippen LogP contribution is -2.29. The summed E-state index contributed by atoms with van der Waals surface area (Å²) in [5, 5.41) is 3.20. The molecule has 8 heteroatoms.